The van der Waals surface area contributed by atoms with Crippen LogP contribution in [0.15, 0.2) is 30.3 Å². The molecule has 1 atom stereocenters. The zero-order valence-corrected chi connectivity index (χ0v) is 13.6. The maximum Gasteiger partial charge on any atom is 0.692 e. The minimum atomic E-state index is -2.87. The van der Waals surface area contributed by atoms with Crippen LogP contribution in [0.5, 0.6) is 0 Å². The van der Waals surface area contributed by atoms with E-state index in [0.717, 1.165) is 5.92 Å². The molecule has 0 aliphatic rings. The summed E-state index contributed by atoms with van der Waals surface area (Å²) < 4.78 is 8.70. The number of hydrogen-bond donors (Lipinski definition) is 2. The van der Waals surface area contributed by atoms with Gasteiger partial charge in [0.2, 0.25) is 0 Å². The standard InChI is InChI=1S/C16H26.HO3P/c1-3-5-8-12-15(11-6-4-2)16-13-9-7-10-14-16;1-4(2)3/h7,9-10,13-15H,3-6,8,11-12H2,1-2H3;(H-,1,2,3)/p+1. The average Bonchev–Trinajstić information content (AvgIpc) is 2.43. The van der Waals surface area contributed by atoms with E-state index >= 15 is 0 Å². The Balaban J connectivity index is 0.000000796. The highest BCUT2D eigenvalue weighted by atomic mass is 31.1. The van der Waals surface area contributed by atoms with E-state index < -0.39 is 8.25 Å². The van der Waals surface area contributed by atoms with Crippen LogP contribution in [0, 0.1) is 0 Å². The minimum absolute atomic E-state index is 0.799. The highest BCUT2D eigenvalue weighted by Crippen LogP contribution is 2.27. The zero-order valence-electron chi connectivity index (χ0n) is 12.7. The van der Waals surface area contributed by atoms with Crippen molar-refractivity contribution in [3.8, 4) is 0 Å². The van der Waals surface area contributed by atoms with Crippen LogP contribution in [0.25, 0.3) is 0 Å². The topological polar surface area (TPSA) is 57.5 Å². The van der Waals surface area contributed by atoms with Crippen molar-refractivity contribution >= 4 is 8.25 Å². The van der Waals surface area contributed by atoms with Crippen molar-refractivity contribution in [1.29, 1.82) is 0 Å². The first-order valence-corrected chi connectivity index (χ1v) is 8.68. The normalized spacial score (nSPS) is 11.4. The van der Waals surface area contributed by atoms with Crippen molar-refractivity contribution in [1.82, 2.24) is 0 Å². The quantitative estimate of drug-likeness (QED) is 0.514. The molecule has 1 rings (SSSR count). The molecular weight excluding hydrogens is 271 g/mol. The lowest BCUT2D eigenvalue weighted by atomic mass is 9.89. The van der Waals surface area contributed by atoms with E-state index in [9.17, 15) is 0 Å². The Labute approximate surface area is 124 Å². The Morgan fingerprint density at radius 3 is 1.95 bits per heavy atom. The van der Waals surface area contributed by atoms with Crippen LogP contribution >= 0.6 is 8.25 Å². The lowest BCUT2D eigenvalue weighted by molar-refractivity contribution is 0.405. The summed E-state index contributed by atoms with van der Waals surface area (Å²) in [5.41, 5.74) is 1.55. The predicted octanol–water partition coefficient (Wildman–Crippen LogP) is 5.17. The number of benzene rings is 1. The first-order valence-electron chi connectivity index (χ1n) is 7.51. The number of hydrogen-bond acceptors (Lipinski definition) is 1. The minimum Gasteiger partial charge on any atom is -0.134 e. The Bertz CT molecular complexity index is 337. The van der Waals surface area contributed by atoms with E-state index in [0.29, 0.717) is 0 Å². The summed E-state index contributed by atoms with van der Waals surface area (Å²) in [6.45, 7) is 4.57. The fourth-order valence-corrected chi connectivity index (χ4v) is 2.29. The lowest BCUT2D eigenvalue weighted by Crippen LogP contribution is -1.99. The Hall–Kier alpha value is -0.760. The molecule has 0 aromatic heterocycles. The smallest absolute Gasteiger partial charge is 0.134 e. The van der Waals surface area contributed by atoms with Crippen molar-refractivity contribution < 1.29 is 14.4 Å². The van der Waals surface area contributed by atoms with Crippen molar-refractivity contribution in [3.63, 3.8) is 0 Å². The van der Waals surface area contributed by atoms with Crippen molar-refractivity contribution in [2.45, 2.75) is 64.7 Å². The summed E-state index contributed by atoms with van der Waals surface area (Å²) >= 11 is 0. The SMILES string of the molecule is CCCCCC(CCCC)c1ccccc1.O=[P+](O)O. The van der Waals surface area contributed by atoms with E-state index in [-0.39, 0.29) is 0 Å². The van der Waals surface area contributed by atoms with Crippen LogP contribution in [0.1, 0.15) is 70.3 Å². The fourth-order valence-electron chi connectivity index (χ4n) is 2.29. The van der Waals surface area contributed by atoms with E-state index in [4.69, 9.17) is 14.4 Å². The molecule has 1 aromatic rings. The lowest BCUT2D eigenvalue weighted by Gasteiger charge is -2.16. The summed E-state index contributed by atoms with van der Waals surface area (Å²) in [4.78, 5) is 14.2. The summed E-state index contributed by atoms with van der Waals surface area (Å²) in [5.74, 6) is 0.799. The van der Waals surface area contributed by atoms with Gasteiger partial charge in [-0.1, -0.05) is 76.3 Å². The second kappa shape index (κ2) is 13.2. The third-order valence-electron chi connectivity index (χ3n) is 3.33. The van der Waals surface area contributed by atoms with Gasteiger partial charge in [0.1, 0.15) is 0 Å². The van der Waals surface area contributed by atoms with Gasteiger partial charge in [-0.2, -0.15) is 0 Å². The van der Waals surface area contributed by atoms with Crippen molar-refractivity contribution in [3.05, 3.63) is 35.9 Å². The molecule has 0 amide bonds. The van der Waals surface area contributed by atoms with Gasteiger partial charge < -0.3 is 0 Å². The molecule has 0 heterocycles. The second-order valence-electron chi connectivity index (χ2n) is 5.00. The van der Waals surface area contributed by atoms with Crippen molar-refractivity contribution in [2.24, 2.45) is 0 Å². The van der Waals surface area contributed by atoms with Crippen LogP contribution in [0.4, 0.5) is 0 Å². The molecule has 0 aliphatic carbocycles. The van der Waals surface area contributed by atoms with Gasteiger partial charge in [-0.25, -0.2) is 0 Å². The van der Waals surface area contributed by atoms with Crippen LogP contribution in [0.3, 0.4) is 0 Å². The van der Waals surface area contributed by atoms with E-state index in [2.05, 4.69) is 44.2 Å². The monoisotopic (exact) mass is 299 g/mol. The summed E-state index contributed by atoms with van der Waals surface area (Å²) in [5, 5.41) is 0. The van der Waals surface area contributed by atoms with Crippen molar-refractivity contribution in [2.75, 3.05) is 0 Å². The Kier molecular flexibility index (Phi) is 12.7. The average molecular weight is 299 g/mol. The Morgan fingerprint density at radius 1 is 0.950 bits per heavy atom. The first-order chi connectivity index (χ1) is 9.61. The molecule has 0 aliphatic heterocycles. The Morgan fingerprint density at radius 2 is 1.45 bits per heavy atom. The molecule has 1 unspecified atom stereocenters. The molecule has 3 nitrogen and oxygen atoms in total. The maximum absolute atomic E-state index is 8.70. The molecule has 0 bridgehead atoms. The molecule has 2 N–H and O–H groups in total. The van der Waals surface area contributed by atoms with Gasteiger partial charge in [-0.05, 0) is 24.3 Å². The molecule has 0 saturated heterocycles. The van der Waals surface area contributed by atoms with E-state index in [1.165, 1.54) is 44.9 Å². The van der Waals surface area contributed by atoms with Gasteiger partial charge in [0, 0.05) is 4.57 Å². The van der Waals surface area contributed by atoms with Crippen LogP contribution < -0.4 is 0 Å². The second-order valence-corrected chi connectivity index (χ2v) is 5.50. The third kappa shape index (κ3) is 11.1. The number of unbranched alkanes of at least 4 members (excludes halogenated alkanes) is 3. The highest BCUT2D eigenvalue weighted by Gasteiger charge is 2.09. The van der Waals surface area contributed by atoms with E-state index in [1.54, 1.807) is 5.56 Å². The maximum atomic E-state index is 8.70. The van der Waals surface area contributed by atoms with Gasteiger partial charge in [0.05, 0.1) is 0 Å². The molecule has 0 radical (unpaired) electrons. The van der Waals surface area contributed by atoms with E-state index in [1.807, 2.05) is 0 Å². The molecule has 114 valence electrons. The largest absolute Gasteiger partial charge is 0.692 e. The van der Waals surface area contributed by atoms with Gasteiger partial charge in [-0.15, -0.1) is 9.79 Å². The molecule has 20 heavy (non-hydrogen) atoms. The van der Waals surface area contributed by atoms with Gasteiger partial charge >= 0.3 is 8.25 Å². The number of rotatable bonds is 8. The van der Waals surface area contributed by atoms with Crippen LogP contribution in [-0.2, 0) is 4.57 Å². The zero-order chi connectivity index (χ0) is 15.2. The molecule has 1 aromatic carbocycles. The van der Waals surface area contributed by atoms with Crippen LogP contribution in [-0.4, -0.2) is 9.79 Å². The third-order valence-corrected chi connectivity index (χ3v) is 3.33. The summed E-state index contributed by atoms with van der Waals surface area (Å²) in [7, 11) is -2.87. The van der Waals surface area contributed by atoms with Crippen LogP contribution in [0.2, 0.25) is 0 Å². The molecule has 0 fully saturated rings. The molecule has 0 saturated carbocycles. The van der Waals surface area contributed by atoms with Gasteiger partial charge in [0.15, 0.2) is 0 Å². The summed E-state index contributed by atoms with van der Waals surface area (Å²) in [6, 6.07) is 11.1. The molecule has 0 spiro atoms. The van der Waals surface area contributed by atoms with Gasteiger partial charge in [-0.3, -0.25) is 0 Å². The molecular formula is C16H28O3P+. The van der Waals surface area contributed by atoms with Gasteiger partial charge in [0.25, 0.3) is 0 Å². The predicted molar refractivity (Wildman–Crippen MR) is 84.9 cm³/mol. The highest BCUT2D eigenvalue weighted by molar-refractivity contribution is 7.30. The molecule has 4 heteroatoms. The fraction of sp³-hybridized carbons (Fsp3) is 0.625. The summed E-state index contributed by atoms with van der Waals surface area (Å²) in [6.07, 6.45) is 9.52. The first kappa shape index (κ1) is 19.2.